The van der Waals surface area contributed by atoms with Gasteiger partial charge < -0.3 is 9.47 Å². The molecule has 0 spiro atoms. The maximum Gasteiger partial charge on any atom is 0.257 e. The first kappa shape index (κ1) is 18.2. The van der Waals surface area contributed by atoms with Crippen LogP contribution < -0.4 is 14.8 Å². The van der Waals surface area contributed by atoms with Crippen molar-refractivity contribution in [3.8, 4) is 11.5 Å². The molecule has 0 saturated carbocycles. The third kappa shape index (κ3) is 4.50. The fourth-order valence-electron chi connectivity index (χ4n) is 2.26. The van der Waals surface area contributed by atoms with Gasteiger partial charge in [-0.05, 0) is 29.8 Å². The summed E-state index contributed by atoms with van der Waals surface area (Å²) in [6, 6.07) is 12.5. The van der Waals surface area contributed by atoms with Crippen molar-refractivity contribution in [3.63, 3.8) is 0 Å². The Hall–Kier alpha value is -2.64. The minimum absolute atomic E-state index is 0.309. The lowest BCUT2D eigenvalue weighted by Gasteiger charge is -2.07. The molecule has 0 radical (unpaired) electrons. The molecule has 3 aromatic rings. The molecule has 0 saturated heterocycles. The number of methoxy groups -OCH3 is 2. The number of hydrogen-bond donors (Lipinski definition) is 1. The van der Waals surface area contributed by atoms with E-state index in [2.05, 4.69) is 15.5 Å². The number of rotatable bonds is 6. The molecular formula is C18H16ClN3O3S. The van der Waals surface area contributed by atoms with E-state index in [1.807, 2.05) is 24.3 Å². The van der Waals surface area contributed by atoms with Gasteiger partial charge in [-0.25, -0.2) is 0 Å². The smallest absolute Gasteiger partial charge is 0.257 e. The second-order valence-corrected chi connectivity index (χ2v) is 6.86. The minimum atomic E-state index is -0.309. The van der Waals surface area contributed by atoms with Crippen LogP contribution in [0.3, 0.4) is 0 Å². The van der Waals surface area contributed by atoms with Gasteiger partial charge in [0.2, 0.25) is 5.13 Å². The Morgan fingerprint density at radius 1 is 1.08 bits per heavy atom. The molecule has 1 heterocycles. The number of amides is 1. The molecule has 2 aromatic carbocycles. The zero-order valence-electron chi connectivity index (χ0n) is 14.2. The molecule has 0 aliphatic carbocycles. The third-order valence-corrected chi connectivity index (χ3v) is 4.66. The van der Waals surface area contributed by atoms with Crippen molar-refractivity contribution in [1.82, 2.24) is 10.2 Å². The number of carbonyl (C=O) groups is 1. The third-order valence-electron chi connectivity index (χ3n) is 3.57. The minimum Gasteiger partial charge on any atom is -0.497 e. The fraction of sp³-hybridized carbons (Fsp3) is 0.167. The largest absolute Gasteiger partial charge is 0.497 e. The number of aromatic nitrogens is 2. The van der Waals surface area contributed by atoms with Gasteiger partial charge in [-0.3, -0.25) is 10.1 Å². The van der Waals surface area contributed by atoms with Gasteiger partial charge >= 0.3 is 0 Å². The van der Waals surface area contributed by atoms with Gasteiger partial charge in [-0.2, -0.15) is 0 Å². The lowest BCUT2D eigenvalue weighted by Crippen LogP contribution is -2.12. The van der Waals surface area contributed by atoms with Crippen molar-refractivity contribution in [2.75, 3.05) is 19.5 Å². The maximum atomic E-state index is 12.5. The highest BCUT2D eigenvalue weighted by molar-refractivity contribution is 7.15. The SMILES string of the molecule is COc1cc(OC)cc(C(=O)Nc2nnc(Cc3ccc(Cl)cc3)s2)c1. The molecule has 0 bridgehead atoms. The van der Waals surface area contributed by atoms with E-state index in [4.69, 9.17) is 21.1 Å². The molecule has 0 fully saturated rings. The summed E-state index contributed by atoms with van der Waals surface area (Å²) in [4.78, 5) is 12.5. The summed E-state index contributed by atoms with van der Waals surface area (Å²) in [5.74, 6) is 0.766. The van der Waals surface area contributed by atoms with Crippen LogP contribution in [0.25, 0.3) is 0 Å². The molecule has 0 unspecified atom stereocenters. The summed E-state index contributed by atoms with van der Waals surface area (Å²) < 4.78 is 10.4. The molecule has 0 aliphatic rings. The van der Waals surface area contributed by atoms with E-state index in [1.54, 1.807) is 18.2 Å². The van der Waals surface area contributed by atoms with Crippen LogP contribution >= 0.6 is 22.9 Å². The highest BCUT2D eigenvalue weighted by Crippen LogP contribution is 2.24. The first-order valence-electron chi connectivity index (χ1n) is 7.68. The first-order valence-corrected chi connectivity index (χ1v) is 8.88. The molecule has 8 heteroatoms. The summed E-state index contributed by atoms with van der Waals surface area (Å²) in [6.07, 6.45) is 0.623. The Bertz CT molecular complexity index is 890. The molecule has 0 aliphatic heterocycles. The van der Waals surface area contributed by atoms with Crippen molar-refractivity contribution in [2.45, 2.75) is 6.42 Å². The van der Waals surface area contributed by atoms with E-state index in [1.165, 1.54) is 25.6 Å². The first-order chi connectivity index (χ1) is 12.6. The number of carbonyl (C=O) groups excluding carboxylic acids is 1. The van der Waals surface area contributed by atoms with Crippen molar-refractivity contribution in [1.29, 1.82) is 0 Å². The lowest BCUT2D eigenvalue weighted by atomic mass is 10.2. The number of halogens is 1. The molecule has 6 nitrogen and oxygen atoms in total. The van der Waals surface area contributed by atoms with Gasteiger partial charge in [0.05, 0.1) is 14.2 Å². The summed E-state index contributed by atoms with van der Waals surface area (Å²) in [6.45, 7) is 0. The van der Waals surface area contributed by atoms with Crippen LogP contribution in [0.1, 0.15) is 20.9 Å². The van der Waals surface area contributed by atoms with Crippen LogP contribution in [0.4, 0.5) is 5.13 Å². The number of nitrogens with zero attached hydrogens (tertiary/aromatic N) is 2. The normalized spacial score (nSPS) is 10.4. The predicted molar refractivity (Wildman–Crippen MR) is 102 cm³/mol. The summed E-state index contributed by atoms with van der Waals surface area (Å²) in [5.41, 5.74) is 1.48. The van der Waals surface area contributed by atoms with Crippen LogP contribution in [-0.2, 0) is 6.42 Å². The Morgan fingerprint density at radius 2 is 1.73 bits per heavy atom. The van der Waals surface area contributed by atoms with Crippen LogP contribution in [0.15, 0.2) is 42.5 Å². The molecule has 1 aromatic heterocycles. The zero-order chi connectivity index (χ0) is 18.5. The summed E-state index contributed by atoms with van der Waals surface area (Å²) >= 11 is 7.21. The van der Waals surface area contributed by atoms with Crippen LogP contribution in [0.2, 0.25) is 5.02 Å². The average Bonchev–Trinajstić information content (AvgIpc) is 3.09. The Morgan fingerprint density at radius 3 is 2.35 bits per heavy atom. The van der Waals surface area contributed by atoms with Gasteiger partial charge in [0.15, 0.2) is 0 Å². The summed E-state index contributed by atoms with van der Waals surface area (Å²) in [7, 11) is 3.06. The van der Waals surface area contributed by atoms with Crippen LogP contribution in [0, 0.1) is 0 Å². The van der Waals surface area contributed by atoms with Crippen molar-refractivity contribution in [3.05, 3.63) is 63.6 Å². The second kappa shape index (κ2) is 8.16. The standard InChI is InChI=1S/C18H16ClN3O3S/c1-24-14-8-12(9-15(10-14)25-2)17(23)20-18-22-21-16(26-18)7-11-3-5-13(19)6-4-11/h3-6,8-10H,7H2,1-2H3,(H,20,22,23). The van der Waals surface area contributed by atoms with Gasteiger partial charge in [0, 0.05) is 23.1 Å². The highest BCUT2D eigenvalue weighted by atomic mass is 35.5. The van der Waals surface area contributed by atoms with Crippen molar-refractivity contribution < 1.29 is 14.3 Å². The molecule has 3 rings (SSSR count). The number of ether oxygens (including phenoxy) is 2. The van der Waals surface area contributed by atoms with Gasteiger partial charge in [-0.15, -0.1) is 10.2 Å². The maximum absolute atomic E-state index is 12.5. The topological polar surface area (TPSA) is 73.3 Å². The van der Waals surface area contributed by atoms with E-state index in [0.29, 0.717) is 33.6 Å². The van der Waals surface area contributed by atoms with Crippen LogP contribution in [0.5, 0.6) is 11.5 Å². The van der Waals surface area contributed by atoms with Crippen molar-refractivity contribution in [2.24, 2.45) is 0 Å². The van der Waals surface area contributed by atoms with Crippen LogP contribution in [-0.4, -0.2) is 30.3 Å². The molecule has 1 N–H and O–H groups in total. The quantitative estimate of drug-likeness (QED) is 0.688. The van der Waals surface area contributed by atoms with Gasteiger partial charge in [0.1, 0.15) is 16.5 Å². The van der Waals surface area contributed by atoms with Gasteiger partial charge in [0.25, 0.3) is 5.91 Å². The zero-order valence-corrected chi connectivity index (χ0v) is 15.7. The monoisotopic (exact) mass is 389 g/mol. The second-order valence-electron chi connectivity index (χ2n) is 5.36. The Balaban J connectivity index is 1.70. The number of hydrogen-bond acceptors (Lipinski definition) is 6. The van der Waals surface area contributed by atoms with E-state index in [0.717, 1.165) is 10.6 Å². The average molecular weight is 390 g/mol. The molecule has 134 valence electrons. The van der Waals surface area contributed by atoms with E-state index in [-0.39, 0.29) is 5.91 Å². The lowest BCUT2D eigenvalue weighted by molar-refractivity contribution is 0.102. The highest BCUT2D eigenvalue weighted by Gasteiger charge is 2.13. The van der Waals surface area contributed by atoms with E-state index >= 15 is 0 Å². The Labute approximate surface area is 159 Å². The van der Waals surface area contributed by atoms with Gasteiger partial charge in [-0.1, -0.05) is 35.1 Å². The predicted octanol–water partition coefficient (Wildman–Crippen LogP) is 4.05. The Kier molecular flexibility index (Phi) is 5.70. The molecule has 26 heavy (non-hydrogen) atoms. The molecule has 1 amide bonds. The summed E-state index contributed by atoms with van der Waals surface area (Å²) in [5, 5.41) is 12.8. The van der Waals surface area contributed by atoms with Crippen molar-refractivity contribution >= 4 is 34.0 Å². The fourth-order valence-corrected chi connectivity index (χ4v) is 3.16. The number of nitrogens with one attached hydrogen (secondary N) is 1. The molecular weight excluding hydrogens is 374 g/mol. The van der Waals surface area contributed by atoms with E-state index < -0.39 is 0 Å². The molecule has 0 atom stereocenters. The number of benzene rings is 2. The number of anilines is 1. The van der Waals surface area contributed by atoms with E-state index in [9.17, 15) is 4.79 Å².